The Morgan fingerprint density at radius 3 is 2.21 bits per heavy atom. The smallest absolute Gasteiger partial charge is 0.129 e. The van der Waals surface area contributed by atoms with Crippen LogP contribution in [0.25, 0.3) is 0 Å². The normalized spacial score (nSPS) is 50.7. The molecule has 0 amide bonds. The Morgan fingerprint density at radius 1 is 0.828 bits per heavy atom. The van der Waals surface area contributed by atoms with Crippen molar-refractivity contribution in [3.63, 3.8) is 0 Å². The van der Waals surface area contributed by atoms with Crippen molar-refractivity contribution < 1.29 is 9.50 Å². The maximum atomic E-state index is 15.0. The Balaban J connectivity index is 1.48. The van der Waals surface area contributed by atoms with Crippen LogP contribution in [0.2, 0.25) is 0 Å². The summed E-state index contributed by atoms with van der Waals surface area (Å²) >= 11 is 0. The van der Waals surface area contributed by atoms with Crippen molar-refractivity contribution in [1.82, 2.24) is 0 Å². The largest absolute Gasteiger partial charge is 0.390 e. The highest BCUT2D eigenvalue weighted by atomic mass is 19.1. The maximum absolute atomic E-state index is 15.0. The summed E-state index contributed by atoms with van der Waals surface area (Å²) in [7, 11) is 0. The van der Waals surface area contributed by atoms with Crippen molar-refractivity contribution in [3.05, 3.63) is 0 Å². The predicted octanol–water partition coefficient (Wildman–Crippen LogP) is 7.42. The van der Waals surface area contributed by atoms with Gasteiger partial charge in [-0.1, -0.05) is 53.9 Å². The molecule has 168 valence electrons. The van der Waals surface area contributed by atoms with Crippen molar-refractivity contribution in [3.8, 4) is 0 Å². The first-order valence-electron chi connectivity index (χ1n) is 13.0. The Hall–Kier alpha value is -0.110. The summed E-state index contributed by atoms with van der Waals surface area (Å²) in [4.78, 5) is 0. The summed E-state index contributed by atoms with van der Waals surface area (Å²) in [6.45, 7) is 12.3. The van der Waals surface area contributed by atoms with Crippen LogP contribution in [-0.2, 0) is 0 Å². The minimum atomic E-state index is -0.986. The first-order chi connectivity index (χ1) is 13.7. The van der Waals surface area contributed by atoms with Gasteiger partial charge in [-0.3, -0.25) is 0 Å². The molecule has 4 aliphatic carbocycles. The molecule has 4 rings (SSSR count). The minimum absolute atomic E-state index is 0.101. The van der Waals surface area contributed by atoms with E-state index in [1.165, 1.54) is 51.4 Å². The van der Waals surface area contributed by atoms with Gasteiger partial charge < -0.3 is 5.11 Å². The van der Waals surface area contributed by atoms with Gasteiger partial charge in [0, 0.05) is 0 Å². The van der Waals surface area contributed by atoms with Gasteiger partial charge in [0.25, 0.3) is 0 Å². The number of alkyl halides is 1. The molecule has 0 saturated heterocycles. The Bertz CT molecular complexity index is 575. The zero-order chi connectivity index (χ0) is 21.0. The lowest BCUT2D eigenvalue weighted by Gasteiger charge is -2.61. The molecule has 0 unspecified atom stereocenters. The molecule has 1 N–H and O–H groups in total. The van der Waals surface area contributed by atoms with Crippen molar-refractivity contribution in [2.24, 2.45) is 52.3 Å². The molecule has 4 fully saturated rings. The second-order valence-corrected chi connectivity index (χ2v) is 12.6. The molecular formula is C27H47FO. The lowest BCUT2D eigenvalue weighted by molar-refractivity contribution is -0.156. The number of hydrogen-bond acceptors (Lipinski definition) is 1. The van der Waals surface area contributed by atoms with E-state index in [0.29, 0.717) is 17.8 Å². The summed E-state index contributed by atoms with van der Waals surface area (Å²) in [5.41, 5.74) is 0.648. The van der Waals surface area contributed by atoms with Crippen LogP contribution in [0.5, 0.6) is 0 Å². The topological polar surface area (TPSA) is 20.2 Å². The average molecular weight is 407 g/mol. The second-order valence-electron chi connectivity index (χ2n) is 12.6. The summed E-state index contributed by atoms with van der Waals surface area (Å²) in [6, 6.07) is 0. The third-order valence-electron chi connectivity index (χ3n) is 10.9. The third-order valence-corrected chi connectivity index (χ3v) is 10.9. The number of fused-ring (bicyclic) bond motifs is 5. The number of aliphatic hydroxyl groups excluding tert-OH is 1. The van der Waals surface area contributed by atoms with Gasteiger partial charge in [-0.05, 0) is 104 Å². The molecule has 10 atom stereocenters. The molecule has 1 nitrogen and oxygen atoms in total. The molecule has 0 aliphatic heterocycles. The van der Waals surface area contributed by atoms with Gasteiger partial charge in [0.05, 0.1) is 6.10 Å². The highest BCUT2D eigenvalue weighted by Gasteiger charge is 2.62. The molecule has 0 aromatic heterocycles. The molecule has 0 heterocycles. The Kier molecular flexibility index (Phi) is 6.17. The molecule has 2 heteroatoms. The van der Waals surface area contributed by atoms with Crippen LogP contribution in [0.15, 0.2) is 0 Å². The molecular weight excluding hydrogens is 359 g/mol. The minimum Gasteiger partial charge on any atom is -0.390 e. The van der Waals surface area contributed by atoms with Gasteiger partial charge in [-0.25, -0.2) is 4.39 Å². The van der Waals surface area contributed by atoms with E-state index in [4.69, 9.17) is 0 Å². The average Bonchev–Trinajstić information content (AvgIpc) is 3.02. The van der Waals surface area contributed by atoms with Crippen LogP contribution in [0.3, 0.4) is 0 Å². The van der Waals surface area contributed by atoms with Gasteiger partial charge in [0.1, 0.15) is 6.17 Å². The summed E-state index contributed by atoms with van der Waals surface area (Å²) in [5.74, 6) is 5.05. The van der Waals surface area contributed by atoms with E-state index in [1.807, 2.05) is 0 Å². The van der Waals surface area contributed by atoms with Crippen molar-refractivity contribution in [2.75, 3.05) is 0 Å². The maximum Gasteiger partial charge on any atom is 0.129 e. The summed E-state index contributed by atoms with van der Waals surface area (Å²) in [6.07, 6.45) is 11.9. The lowest BCUT2D eigenvalue weighted by atomic mass is 9.44. The first kappa shape index (κ1) is 22.1. The number of aliphatic hydroxyl groups is 1. The van der Waals surface area contributed by atoms with Gasteiger partial charge >= 0.3 is 0 Å². The lowest BCUT2D eigenvalue weighted by Crippen LogP contribution is -2.57. The standard InChI is InChI=1S/C27H47FO/c1-17(2)7-6-8-18(3)20-11-12-21-19-9-10-23-25(28)24(29)14-16-27(23,5)22(19)13-15-26(20,21)4/h17-25,29H,6-16H2,1-5H3/t18-,19+,20-,21+,22+,23+,24-,25+,26-,27-/m1/s1. The fourth-order valence-corrected chi connectivity index (χ4v) is 9.29. The number of rotatable bonds is 5. The van der Waals surface area contributed by atoms with E-state index in [-0.39, 0.29) is 11.3 Å². The van der Waals surface area contributed by atoms with Gasteiger partial charge in [-0.15, -0.1) is 0 Å². The van der Waals surface area contributed by atoms with E-state index < -0.39 is 12.3 Å². The SMILES string of the molecule is CC(C)CCC[C@@H](C)[C@H]1CC[C@H]2[C@@H]3CC[C@H]4[C@H](F)[C@H](O)CC[C@]4(C)[C@H]3CC[C@]12C. The Labute approximate surface area is 179 Å². The fourth-order valence-electron chi connectivity index (χ4n) is 9.29. The van der Waals surface area contributed by atoms with Crippen molar-refractivity contribution in [1.29, 1.82) is 0 Å². The molecule has 0 aromatic carbocycles. The zero-order valence-corrected chi connectivity index (χ0v) is 19.8. The molecule has 0 radical (unpaired) electrons. The zero-order valence-electron chi connectivity index (χ0n) is 19.8. The first-order valence-corrected chi connectivity index (χ1v) is 13.0. The van der Waals surface area contributed by atoms with Crippen LogP contribution in [-0.4, -0.2) is 17.4 Å². The highest BCUT2D eigenvalue weighted by molar-refractivity contribution is 5.11. The van der Waals surface area contributed by atoms with E-state index in [1.54, 1.807) is 0 Å². The van der Waals surface area contributed by atoms with Crippen LogP contribution >= 0.6 is 0 Å². The summed E-state index contributed by atoms with van der Waals surface area (Å²) < 4.78 is 15.0. The van der Waals surface area contributed by atoms with E-state index >= 15 is 0 Å². The molecule has 4 aliphatic rings. The predicted molar refractivity (Wildman–Crippen MR) is 119 cm³/mol. The molecule has 0 aromatic rings. The fraction of sp³-hybridized carbons (Fsp3) is 1.00. The molecule has 0 bridgehead atoms. The van der Waals surface area contributed by atoms with E-state index in [0.717, 1.165) is 42.4 Å². The van der Waals surface area contributed by atoms with Crippen molar-refractivity contribution in [2.45, 2.75) is 118 Å². The van der Waals surface area contributed by atoms with Crippen LogP contribution in [0.1, 0.15) is 105 Å². The number of halogens is 1. The van der Waals surface area contributed by atoms with Gasteiger partial charge in [-0.2, -0.15) is 0 Å². The summed E-state index contributed by atoms with van der Waals surface area (Å²) in [5, 5.41) is 10.1. The molecule has 4 saturated carbocycles. The monoisotopic (exact) mass is 406 g/mol. The third kappa shape index (κ3) is 3.62. The van der Waals surface area contributed by atoms with Gasteiger partial charge in [0.2, 0.25) is 0 Å². The Morgan fingerprint density at radius 2 is 1.48 bits per heavy atom. The number of hydrogen-bond donors (Lipinski definition) is 1. The van der Waals surface area contributed by atoms with Crippen LogP contribution in [0, 0.1) is 52.3 Å². The highest BCUT2D eigenvalue weighted by Crippen LogP contribution is 2.68. The van der Waals surface area contributed by atoms with Crippen LogP contribution < -0.4 is 0 Å². The second kappa shape index (κ2) is 8.10. The van der Waals surface area contributed by atoms with E-state index in [2.05, 4.69) is 34.6 Å². The van der Waals surface area contributed by atoms with Crippen LogP contribution in [0.4, 0.5) is 4.39 Å². The van der Waals surface area contributed by atoms with E-state index in [9.17, 15) is 9.50 Å². The quantitative estimate of drug-likeness (QED) is 0.504. The van der Waals surface area contributed by atoms with Crippen molar-refractivity contribution >= 4 is 0 Å². The molecule has 0 spiro atoms. The molecule has 29 heavy (non-hydrogen) atoms. The van der Waals surface area contributed by atoms with Gasteiger partial charge in [0.15, 0.2) is 0 Å².